The third kappa shape index (κ3) is 4.12. The summed E-state index contributed by atoms with van der Waals surface area (Å²) in [5.41, 5.74) is 4.40. The number of carboxylic acid groups (broad SMARTS) is 1. The fourth-order valence-electron chi connectivity index (χ4n) is 3.90. The standard InChI is InChI=1S/C24H22NO5P/c1-31(2,29)15-11-12-22(20(13-15)23(26)27)25-24(28)30-14-21-18-9-5-3-7-16(18)17-8-4-6-10-19(17)21/h3-13,21H,14H2,1-2H3,(H,25,28)(H,26,27). The summed E-state index contributed by atoms with van der Waals surface area (Å²) < 4.78 is 17.7. The molecule has 7 heteroatoms. The number of benzene rings is 3. The van der Waals surface area contributed by atoms with Gasteiger partial charge in [0.15, 0.2) is 0 Å². The first-order chi connectivity index (χ1) is 14.8. The zero-order valence-electron chi connectivity index (χ0n) is 17.2. The Morgan fingerprint density at radius 1 is 0.968 bits per heavy atom. The first-order valence-corrected chi connectivity index (χ1v) is 12.4. The number of anilines is 1. The van der Waals surface area contributed by atoms with Crippen LogP contribution in [0.4, 0.5) is 10.5 Å². The van der Waals surface area contributed by atoms with Crippen LogP contribution in [0.1, 0.15) is 27.4 Å². The van der Waals surface area contributed by atoms with E-state index < -0.39 is 19.2 Å². The Hall–Kier alpha value is -3.37. The zero-order chi connectivity index (χ0) is 22.2. The molecule has 3 aromatic carbocycles. The molecular formula is C24H22NO5P. The van der Waals surface area contributed by atoms with Crippen LogP contribution in [0.3, 0.4) is 0 Å². The van der Waals surface area contributed by atoms with Crippen LogP contribution in [0.25, 0.3) is 11.1 Å². The molecule has 0 radical (unpaired) electrons. The van der Waals surface area contributed by atoms with Gasteiger partial charge in [0.1, 0.15) is 13.7 Å². The van der Waals surface area contributed by atoms with Gasteiger partial charge in [-0.05, 0) is 53.8 Å². The first-order valence-electron chi connectivity index (χ1n) is 9.80. The lowest BCUT2D eigenvalue weighted by molar-refractivity contribution is 0.0698. The summed E-state index contributed by atoms with van der Waals surface area (Å²) in [6, 6.07) is 20.4. The fourth-order valence-corrected chi connectivity index (χ4v) is 4.77. The highest BCUT2D eigenvalue weighted by atomic mass is 31.2. The van der Waals surface area contributed by atoms with E-state index in [2.05, 4.69) is 17.4 Å². The van der Waals surface area contributed by atoms with E-state index in [4.69, 9.17) is 4.74 Å². The van der Waals surface area contributed by atoms with Crippen LogP contribution >= 0.6 is 7.14 Å². The molecule has 0 fully saturated rings. The molecule has 3 aromatic rings. The van der Waals surface area contributed by atoms with Crippen LogP contribution in [0, 0.1) is 0 Å². The van der Waals surface area contributed by atoms with E-state index in [-0.39, 0.29) is 23.8 Å². The molecule has 0 aromatic heterocycles. The van der Waals surface area contributed by atoms with Crippen LogP contribution in [-0.2, 0) is 9.30 Å². The maximum atomic E-state index is 12.5. The second-order valence-corrected chi connectivity index (χ2v) is 11.1. The number of hydrogen-bond donors (Lipinski definition) is 2. The van der Waals surface area contributed by atoms with Crippen LogP contribution in [0.5, 0.6) is 0 Å². The van der Waals surface area contributed by atoms with Crippen LogP contribution in [0.2, 0.25) is 0 Å². The van der Waals surface area contributed by atoms with Crippen molar-refractivity contribution in [3.05, 3.63) is 83.4 Å². The summed E-state index contributed by atoms with van der Waals surface area (Å²) in [6.45, 7) is 3.25. The Labute approximate surface area is 180 Å². The van der Waals surface area contributed by atoms with E-state index in [1.54, 1.807) is 19.4 Å². The van der Waals surface area contributed by atoms with Crippen LogP contribution in [-0.4, -0.2) is 37.1 Å². The second-order valence-electron chi connectivity index (χ2n) is 7.84. The number of rotatable bonds is 5. The van der Waals surface area contributed by atoms with E-state index in [0.717, 1.165) is 22.3 Å². The highest BCUT2D eigenvalue weighted by Gasteiger charge is 2.29. The van der Waals surface area contributed by atoms with E-state index in [1.165, 1.54) is 12.1 Å². The number of carbonyl (C=O) groups excluding carboxylic acids is 1. The molecule has 4 rings (SSSR count). The Morgan fingerprint density at radius 2 is 1.55 bits per heavy atom. The molecule has 0 spiro atoms. The molecule has 1 amide bonds. The molecule has 0 heterocycles. The van der Waals surface area contributed by atoms with Gasteiger partial charge in [-0.25, -0.2) is 9.59 Å². The second kappa shape index (κ2) is 8.05. The summed E-state index contributed by atoms with van der Waals surface area (Å²) in [6.07, 6.45) is -0.742. The van der Waals surface area contributed by atoms with Gasteiger partial charge < -0.3 is 14.4 Å². The van der Waals surface area contributed by atoms with Crippen molar-refractivity contribution in [2.45, 2.75) is 5.92 Å². The molecular weight excluding hydrogens is 413 g/mol. The van der Waals surface area contributed by atoms with Gasteiger partial charge in [0.2, 0.25) is 0 Å². The highest BCUT2D eigenvalue weighted by Crippen LogP contribution is 2.44. The number of amides is 1. The summed E-state index contributed by atoms with van der Waals surface area (Å²) >= 11 is 0. The topological polar surface area (TPSA) is 92.7 Å². The van der Waals surface area contributed by atoms with Crippen molar-refractivity contribution in [1.29, 1.82) is 0 Å². The summed E-state index contributed by atoms with van der Waals surface area (Å²) in [4.78, 5) is 24.1. The lowest BCUT2D eigenvalue weighted by Gasteiger charge is -2.16. The van der Waals surface area contributed by atoms with E-state index in [9.17, 15) is 19.3 Å². The first kappa shape index (κ1) is 20.9. The highest BCUT2D eigenvalue weighted by molar-refractivity contribution is 7.70. The number of carboxylic acids is 1. The number of carbonyl (C=O) groups is 2. The van der Waals surface area contributed by atoms with Crippen molar-refractivity contribution < 1.29 is 24.0 Å². The smallest absolute Gasteiger partial charge is 0.411 e. The average molecular weight is 435 g/mol. The summed E-state index contributed by atoms with van der Waals surface area (Å²) in [7, 11) is -2.64. The molecule has 0 saturated carbocycles. The predicted octanol–water partition coefficient (Wildman–Crippen LogP) is 4.99. The monoisotopic (exact) mass is 435 g/mol. The molecule has 0 aliphatic heterocycles. The molecule has 158 valence electrons. The van der Waals surface area contributed by atoms with Crippen molar-refractivity contribution in [2.24, 2.45) is 0 Å². The van der Waals surface area contributed by atoms with Crippen LogP contribution in [0.15, 0.2) is 66.7 Å². The minimum absolute atomic E-state index is 0.0921. The van der Waals surface area contributed by atoms with Gasteiger partial charge in [-0.15, -0.1) is 0 Å². The molecule has 31 heavy (non-hydrogen) atoms. The molecule has 0 saturated heterocycles. The molecule has 0 bridgehead atoms. The maximum Gasteiger partial charge on any atom is 0.411 e. The van der Waals surface area contributed by atoms with Gasteiger partial charge in [-0.3, -0.25) is 5.32 Å². The maximum absolute atomic E-state index is 12.5. The Balaban J connectivity index is 1.52. The molecule has 6 nitrogen and oxygen atoms in total. The van der Waals surface area contributed by atoms with E-state index in [0.29, 0.717) is 5.30 Å². The fraction of sp³-hybridized carbons (Fsp3) is 0.167. The molecule has 1 aliphatic carbocycles. The molecule has 0 atom stereocenters. The van der Waals surface area contributed by atoms with Gasteiger partial charge in [0.25, 0.3) is 0 Å². The van der Waals surface area contributed by atoms with Crippen molar-refractivity contribution in [3.63, 3.8) is 0 Å². The van der Waals surface area contributed by atoms with Gasteiger partial charge in [-0.1, -0.05) is 48.5 Å². The minimum atomic E-state index is -2.64. The van der Waals surface area contributed by atoms with Gasteiger partial charge in [0.05, 0.1) is 11.3 Å². The largest absolute Gasteiger partial charge is 0.478 e. The van der Waals surface area contributed by atoms with Gasteiger partial charge >= 0.3 is 12.1 Å². The Morgan fingerprint density at radius 3 is 2.10 bits per heavy atom. The lowest BCUT2D eigenvalue weighted by atomic mass is 9.98. The van der Waals surface area contributed by atoms with Gasteiger partial charge in [-0.2, -0.15) is 0 Å². The van der Waals surface area contributed by atoms with Crippen molar-refractivity contribution in [3.8, 4) is 11.1 Å². The third-order valence-electron chi connectivity index (χ3n) is 5.44. The van der Waals surface area contributed by atoms with Crippen molar-refractivity contribution in [2.75, 3.05) is 25.3 Å². The normalized spacial score (nSPS) is 12.7. The molecule has 1 aliphatic rings. The summed E-state index contributed by atoms with van der Waals surface area (Å²) in [5, 5.41) is 12.5. The molecule has 2 N–H and O–H groups in total. The van der Waals surface area contributed by atoms with E-state index >= 15 is 0 Å². The predicted molar refractivity (Wildman–Crippen MR) is 121 cm³/mol. The SMILES string of the molecule is CP(C)(=O)c1ccc(NC(=O)OCC2c3ccccc3-c3ccccc32)c(C(=O)O)c1. The van der Waals surface area contributed by atoms with E-state index in [1.807, 2.05) is 36.4 Å². The lowest BCUT2D eigenvalue weighted by Crippen LogP contribution is -2.20. The third-order valence-corrected chi connectivity index (χ3v) is 6.96. The summed E-state index contributed by atoms with van der Waals surface area (Å²) in [5.74, 6) is -1.31. The number of nitrogens with one attached hydrogen (secondary N) is 1. The number of fused-ring (bicyclic) bond motifs is 3. The quantitative estimate of drug-likeness (QED) is 0.551. The van der Waals surface area contributed by atoms with Crippen molar-refractivity contribution in [1.82, 2.24) is 0 Å². The number of aromatic carboxylic acids is 1. The minimum Gasteiger partial charge on any atom is -0.478 e. The van der Waals surface area contributed by atoms with Crippen LogP contribution < -0.4 is 10.6 Å². The van der Waals surface area contributed by atoms with Crippen molar-refractivity contribution >= 4 is 30.2 Å². The number of hydrogen-bond acceptors (Lipinski definition) is 4. The number of ether oxygens (including phenoxy) is 1. The zero-order valence-corrected chi connectivity index (χ0v) is 18.1. The average Bonchev–Trinajstić information content (AvgIpc) is 3.05. The molecule has 0 unspecified atom stereocenters. The Kier molecular flexibility index (Phi) is 5.42. The van der Waals surface area contributed by atoms with Gasteiger partial charge in [0, 0.05) is 11.2 Å². The Bertz CT molecular complexity index is 1180.